The van der Waals surface area contributed by atoms with Gasteiger partial charge < -0.3 is 61.5 Å². The van der Waals surface area contributed by atoms with Crippen LogP contribution in [0.2, 0.25) is 20.1 Å². The number of nitrogens with zero attached hydrogens (tertiary/aromatic N) is 5. The molecule has 8 aromatic rings. The minimum atomic E-state index is -0.399. The SMILES string of the molecule is CC[C@@H]1CC[C@@H](C(=O)Cc2cc(-c3cccc(NCC4CCOCC4)c3)c(Cl)cn2)CN1.C[C@@H]1CC[C@@H](C(=O)Cc2cc(-c3cccc(NC[C@@H]4CCOC(C)(C)C4)c3)c(Cl)cn2)CN1.C[C@@H]1CC[C@@H](C(=O)Cc2cc(-c3cccc(NC[C@H]4CCOC(C)(C)C4)c3)c(Cl)cn2)CN1.N#CC1(CNc2cccc(-c3cc(CC(=O)[C@@H]4CCCNC4)ncc3Cl)c2)CCOCC1. The largest absolute Gasteiger partial charge is 0.385 e. The highest BCUT2D eigenvalue weighted by Crippen LogP contribution is 2.39. The van der Waals surface area contributed by atoms with Crippen LogP contribution in [-0.2, 0) is 63.8 Å². The van der Waals surface area contributed by atoms with Crippen molar-refractivity contribution >= 4 is 92.3 Å². The van der Waals surface area contributed by atoms with Crippen LogP contribution in [0.4, 0.5) is 22.7 Å². The van der Waals surface area contributed by atoms with Crippen molar-refractivity contribution in [3.63, 3.8) is 0 Å². The monoisotopic (exact) mass is 1850 g/mol. The van der Waals surface area contributed by atoms with Crippen molar-refractivity contribution in [2.75, 3.05) is 120 Å². The Kier molecular flexibility index (Phi) is 37.0. The van der Waals surface area contributed by atoms with Gasteiger partial charge in [0, 0.05) is 252 Å². The van der Waals surface area contributed by atoms with Crippen LogP contribution in [-0.4, -0.2) is 171 Å². The Morgan fingerprint density at radius 3 is 1.12 bits per heavy atom. The van der Waals surface area contributed by atoms with Gasteiger partial charge in [-0.2, -0.15) is 5.26 Å². The standard InChI is InChI=1S/2C27H36ClN3O2.C26H34ClN3O2.C25H29ClN4O2/c2*1-18-7-8-21(16-29-18)26(32)13-23-12-24(25(28)17-31-23)20-5-4-6-22(11-20)30-15-19-9-10-33-27(2,3)14-19;1-2-21-7-6-20(16-29-21)26(31)14-23-13-24(25(27)17-30-23)19-4-3-5-22(12-19)28-15-18-8-10-32-11-9-18;26-23-15-29-21(13-24(31)19-4-2-8-28-14-19)12-22(23)18-3-1-5-20(11-18)30-17-25(16-27)6-9-32-10-7-25/h2*4-6,11-12,17-19,21,29-30H,7-10,13-16H2,1-3H3;3-5,12-13,17-18,20-21,28-29H,2,6-11,14-16H2,1H3;1,3,5,11-12,15,19,28,30H,2,4,6-10,13-14,17H2/t18-,19+,21-;18-,19-,21-;20-,21-;19-/m1111/s1. The summed E-state index contributed by atoms with van der Waals surface area (Å²) in [5.74, 6) is 3.13. The maximum Gasteiger partial charge on any atom is 0.143 e. The molecule has 8 N–H and O–H groups in total. The third-order valence-electron chi connectivity index (χ3n) is 27.3. The zero-order valence-corrected chi connectivity index (χ0v) is 80.1. The molecule has 0 radical (unpaired) electrons. The van der Waals surface area contributed by atoms with Crippen molar-refractivity contribution in [3.8, 4) is 50.6 Å². The highest BCUT2D eigenvalue weighted by Gasteiger charge is 2.35. The predicted octanol–water partition coefficient (Wildman–Crippen LogP) is 20.4. The van der Waals surface area contributed by atoms with E-state index in [2.05, 4.69) is 172 Å². The zero-order chi connectivity index (χ0) is 91.6. The van der Waals surface area contributed by atoms with Gasteiger partial charge >= 0.3 is 0 Å². The summed E-state index contributed by atoms with van der Waals surface area (Å²) in [7, 11) is 0. The minimum Gasteiger partial charge on any atom is -0.385 e. The van der Waals surface area contributed by atoms with Crippen LogP contribution >= 0.6 is 46.4 Å². The molecule has 0 amide bonds. The third kappa shape index (κ3) is 29.8. The molecule has 8 aliphatic heterocycles. The summed E-state index contributed by atoms with van der Waals surface area (Å²) >= 11 is 26.0. The minimum absolute atomic E-state index is 0.0449. The smallest absolute Gasteiger partial charge is 0.143 e. The van der Waals surface area contributed by atoms with E-state index < -0.39 is 5.41 Å². The van der Waals surface area contributed by atoms with E-state index in [-0.39, 0.29) is 58.0 Å². The fourth-order valence-electron chi connectivity index (χ4n) is 19.1. The van der Waals surface area contributed by atoms with E-state index in [0.717, 1.165) is 278 Å². The number of pyridine rings is 4. The number of nitriles is 1. The number of carbonyl (C=O) groups is 4. The second-order valence-electron chi connectivity index (χ2n) is 38.5. The molecule has 0 saturated carbocycles. The van der Waals surface area contributed by atoms with Gasteiger partial charge in [0.2, 0.25) is 0 Å². The maximum absolute atomic E-state index is 12.9. The van der Waals surface area contributed by atoms with E-state index in [1.165, 1.54) is 0 Å². The Morgan fingerprint density at radius 2 is 0.785 bits per heavy atom. The Labute approximate surface area is 790 Å². The first-order chi connectivity index (χ1) is 62.8. The van der Waals surface area contributed by atoms with E-state index in [1.54, 1.807) is 24.8 Å². The number of rotatable bonds is 29. The van der Waals surface area contributed by atoms with Gasteiger partial charge in [-0.05, 0) is 270 Å². The molecule has 4 aromatic carbocycles. The van der Waals surface area contributed by atoms with Gasteiger partial charge in [0.25, 0.3) is 0 Å². The molecule has 696 valence electrons. The normalized spacial score (nSPS) is 23.0. The van der Waals surface area contributed by atoms with Gasteiger partial charge in [-0.15, -0.1) is 0 Å². The van der Waals surface area contributed by atoms with Crippen molar-refractivity contribution < 1.29 is 38.1 Å². The molecular weight excluding hydrogens is 1710 g/mol. The molecule has 0 aliphatic carbocycles. The predicted molar refractivity (Wildman–Crippen MR) is 525 cm³/mol. The van der Waals surface area contributed by atoms with Gasteiger partial charge in [-0.1, -0.05) is 102 Å². The molecule has 0 unspecified atom stereocenters. The molecule has 25 heteroatoms. The average Bonchev–Trinajstić information content (AvgIpc) is 0.825. The number of ketones is 4. The number of ether oxygens (including phenoxy) is 4. The molecule has 8 aliphatic rings. The number of benzene rings is 4. The summed E-state index contributed by atoms with van der Waals surface area (Å²) in [6, 6.07) is 44.8. The van der Waals surface area contributed by atoms with Gasteiger partial charge in [0.15, 0.2) is 0 Å². The Balaban J connectivity index is 0.000000148. The van der Waals surface area contributed by atoms with Gasteiger partial charge in [-0.25, -0.2) is 0 Å². The summed E-state index contributed by atoms with van der Waals surface area (Å²) in [5.41, 5.74) is 14.4. The van der Waals surface area contributed by atoms with E-state index in [0.29, 0.717) is 101 Å². The van der Waals surface area contributed by atoms with Crippen molar-refractivity contribution in [2.45, 2.75) is 213 Å². The lowest BCUT2D eigenvalue weighted by atomic mass is 9.81. The summed E-state index contributed by atoms with van der Waals surface area (Å²) in [5, 5.41) is 39.9. The quantitative estimate of drug-likeness (QED) is 0.0216. The van der Waals surface area contributed by atoms with E-state index in [9.17, 15) is 24.4 Å². The average molecular weight is 1850 g/mol. The summed E-state index contributed by atoms with van der Waals surface area (Å²) in [4.78, 5) is 68.9. The highest BCUT2D eigenvalue weighted by molar-refractivity contribution is 6.34. The summed E-state index contributed by atoms with van der Waals surface area (Å²) in [6.45, 7) is 27.2. The summed E-state index contributed by atoms with van der Waals surface area (Å²) in [6.07, 6.45) is 25.1. The number of aromatic nitrogens is 4. The van der Waals surface area contributed by atoms with Crippen LogP contribution in [0.5, 0.6) is 0 Å². The number of halogens is 4. The van der Waals surface area contributed by atoms with Crippen molar-refractivity contribution in [1.29, 1.82) is 5.26 Å². The molecule has 0 spiro atoms. The number of nitrogens with one attached hydrogen (secondary N) is 8. The third-order valence-corrected chi connectivity index (χ3v) is 28.5. The molecular formula is C105H135Cl4N13O8. The van der Waals surface area contributed by atoms with Gasteiger partial charge in [-0.3, -0.25) is 39.1 Å². The van der Waals surface area contributed by atoms with Crippen molar-refractivity contribution in [2.24, 2.45) is 46.8 Å². The second-order valence-corrected chi connectivity index (χ2v) is 40.1. The van der Waals surface area contributed by atoms with Crippen LogP contribution in [0.3, 0.4) is 0 Å². The lowest BCUT2D eigenvalue weighted by Gasteiger charge is -2.35. The first kappa shape index (κ1) is 99.2. The van der Waals surface area contributed by atoms with Crippen molar-refractivity contribution in [3.05, 3.63) is 189 Å². The number of hydrogen-bond donors (Lipinski definition) is 8. The molecule has 0 bridgehead atoms. The highest BCUT2D eigenvalue weighted by atomic mass is 35.5. The molecule has 4 aromatic heterocycles. The number of Topliss-reactive ketones (excluding diaryl/α,β-unsaturated/α-hetero) is 4. The molecule has 12 heterocycles. The summed E-state index contributed by atoms with van der Waals surface area (Å²) < 4.78 is 22.6. The van der Waals surface area contributed by atoms with Gasteiger partial charge in [0.1, 0.15) is 23.1 Å². The molecule has 21 nitrogen and oxygen atoms in total. The Hall–Kier alpha value is -8.31. The molecule has 130 heavy (non-hydrogen) atoms. The molecule has 8 fully saturated rings. The number of anilines is 4. The number of carbonyl (C=O) groups excluding carboxylic acids is 4. The van der Waals surface area contributed by atoms with Crippen LogP contribution in [0, 0.1) is 58.2 Å². The Morgan fingerprint density at radius 1 is 0.431 bits per heavy atom. The lowest BCUT2D eigenvalue weighted by Crippen LogP contribution is -2.41. The van der Waals surface area contributed by atoms with Crippen LogP contribution in [0.1, 0.15) is 180 Å². The number of piperidine rings is 4. The molecule has 9 atom stereocenters. The fourth-order valence-corrected chi connectivity index (χ4v) is 19.9. The van der Waals surface area contributed by atoms with Crippen LogP contribution in [0.25, 0.3) is 44.5 Å². The number of hydrogen-bond acceptors (Lipinski definition) is 21. The molecule has 8 saturated heterocycles. The first-order valence-corrected chi connectivity index (χ1v) is 49.1. The maximum atomic E-state index is 12.9. The van der Waals surface area contributed by atoms with Crippen molar-refractivity contribution in [1.82, 2.24) is 41.2 Å². The topological polar surface area (TPSA) is 277 Å². The van der Waals surface area contributed by atoms with Crippen LogP contribution < -0.4 is 42.5 Å². The van der Waals surface area contributed by atoms with E-state index in [4.69, 9.17) is 65.4 Å². The lowest BCUT2D eigenvalue weighted by molar-refractivity contribution is -0.123. The second kappa shape index (κ2) is 48.6. The van der Waals surface area contributed by atoms with Crippen LogP contribution in [0.15, 0.2) is 146 Å². The zero-order valence-electron chi connectivity index (χ0n) is 77.1. The molecule has 16 rings (SSSR count). The fraction of sp³-hybridized carbons (Fsp3) is 0.533. The van der Waals surface area contributed by atoms with E-state index >= 15 is 0 Å². The van der Waals surface area contributed by atoms with Gasteiger partial charge in [0.05, 0.1) is 42.8 Å². The van der Waals surface area contributed by atoms with E-state index in [1.807, 2.05) is 66.7 Å². The first-order valence-electron chi connectivity index (χ1n) is 47.6. The Bertz CT molecular complexity index is 4930.